The van der Waals surface area contributed by atoms with Crippen molar-refractivity contribution in [1.29, 1.82) is 0 Å². The van der Waals surface area contributed by atoms with E-state index >= 15 is 0 Å². The zero-order valence-corrected chi connectivity index (χ0v) is 13.4. The third-order valence-electron chi connectivity index (χ3n) is 3.90. The SMILES string of the molecule is CCC(C)(C)C(=O)OCCN1c2ccccc2CS1(=O)=O. The maximum absolute atomic E-state index is 12.1. The van der Waals surface area contributed by atoms with Crippen LogP contribution in [0.15, 0.2) is 24.3 Å². The van der Waals surface area contributed by atoms with Crippen LogP contribution in [0.1, 0.15) is 32.8 Å². The fourth-order valence-electron chi connectivity index (χ4n) is 2.12. The van der Waals surface area contributed by atoms with Gasteiger partial charge in [-0.25, -0.2) is 8.42 Å². The molecule has 0 aliphatic carbocycles. The summed E-state index contributed by atoms with van der Waals surface area (Å²) in [6.07, 6.45) is 0.677. The number of fused-ring (bicyclic) bond motifs is 1. The van der Waals surface area contributed by atoms with Gasteiger partial charge in [-0.2, -0.15) is 0 Å². The summed E-state index contributed by atoms with van der Waals surface area (Å²) in [4.78, 5) is 11.9. The standard InChI is InChI=1S/C15H21NO4S/c1-4-15(2,3)14(17)20-10-9-16-13-8-6-5-7-12(13)11-21(16,18)19/h5-8H,4,9-11H2,1-3H3. The maximum Gasteiger partial charge on any atom is 0.311 e. The lowest BCUT2D eigenvalue weighted by atomic mass is 9.91. The minimum absolute atomic E-state index is 0.0115. The highest BCUT2D eigenvalue weighted by molar-refractivity contribution is 7.92. The van der Waals surface area contributed by atoms with Crippen LogP contribution in [0.3, 0.4) is 0 Å². The first-order valence-corrected chi connectivity index (χ1v) is 8.64. The highest BCUT2D eigenvalue weighted by Gasteiger charge is 2.33. The maximum atomic E-state index is 12.1. The Hall–Kier alpha value is -1.56. The van der Waals surface area contributed by atoms with Crippen molar-refractivity contribution in [3.63, 3.8) is 0 Å². The molecule has 5 nitrogen and oxygen atoms in total. The molecule has 0 saturated carbocycles. The summed E-state index contributed by atoms with van der Waals surface area (Å²) in [6, 6.07) is 7.21. The highest BCUT2D eigenvalue weighted by Crippen LogP contribution is 2.32. The smallest absolute Gasteiger partial charge is 0.311 e. The van der Waals surface area contributed by atoms with Crippen LogP contribution in [0, 0.1) is 5.41 Å². The quantitative estimate of drug-likeness (QED) is 0.783. The van der Waals surface area contributed by atoms with Crippen LogP contribution in [0.25, 0.3) is 0 Å². The molecule has 1 heterocycles. The number of ether oxygens (including phenoxy) is 1. The van der Waals surface area contributed by atoms with E-state index in [2.05, 4.69) is 0 Å². The van der Waals surface area contributed by atoms with Crippen LogP contribution >= 0.6 is 0 Å². The Morgan fingerprint density at radius 1 is 1.33 bits per heavy atom. The van der Waals surface area contributed by atoms with Gasteiger partial charge < -0.3 is 4.74 Å². The third kappa shape index (κ3) is 3.20. The Labute approximate surface area is 126 Å². The Balaban J connectivity index is 2.02. The lowest BCUT2D eigenvalue weighted by molar-refractivity contribution is -0.153. The van der Waals surface area contributed by atoms with Gasteiger partial charge >= 0.3 is 5.97 Å². The van der Waals surface area contributed by atoms with Gasteiger partial charge in [0.1, 0.15) is 6.61 Å². The zero-order valence-electron chi connectivity index (χ0n) is 12.6. The van der Waals surface area contributed by atoms with Crippen molar-refractivity contribution in [2.45, 2.75) is 32.9 Å². The molecule has 0 bridgehead atoms. The van der Waals surface area contributed by atoms with Crippen molar-refractivity contribution in [1.82, 2.24) is 0 Å². The largest absolute Gasteiger partial charge is 0.463 e. The van der Waals surface area contributed by atoms with Gasteiger partial charge in [-0.15, -0.1) is 0 Å². The van der Waals surface area contributed by atoms with Crippen LogP contribution in [-0.4, -0.2) is 27.5 Å². The molecule has 0 spiro atoms. The molecular weight excluding hydrogens is 290 g/mol. The van der Waals surface area contributed by atoms with Crippen molar-refractivity contribution < 1.29 is 17.9 Å². The normalized spacial score (nSPS) is 16.6. The van der Waals surface area contributed by atoms with Crippen LogP contribution in [0.2, 0.25) is 0 Å². The number of rotatable bonds is 5. The number of hydrogen-bond acceptors (Lipinski definition) is 4. The summed E-state index contributed by atoms with van der Waals surface area (Å²) in [5.41, 5.74) is 0.933. The highest BCUT2D eigenvalue weighted by atomic mass is 32.2. The number of nitrogens with zero attached hydrogens (tertiary/aromatic N) is 1. The second kappa shape index (κ2) is 5.67. The predicted molar refractivity (Wildman–Crippen MR) is 81.4 cm³/mol. The Morgan fingerprint density at radius 3 is 2.67 bits per heavy atom. The van der Waals surface area contributed by atoms with E-state index in [9.17, 15) is 13.2 Å². The van der Waals surface area contributed by atoms with E-state index in [1.165, 1.54) is 4.31 Å². The molecule has 0 amide bonds. The molecule has 1 aliphatic heterocycles. The van der Waals surface area contributed by atoms with Crippen molar-refractivity contribution in [3.05, 3.63) is 29.8 Å². The zero-order chi connectivity index (χ0) is 15.7. The molecule has 2 rings (SSSR count). The summed E-state index contributed by atoms with van der Waals surface area (Å²) in [5.74, 6) is -0.285. The summed E-state index contributed by atoms with van der Waals surface area (Å²) in [5, 5.41) is 0. The summed E-state index contributed by atoms with van der Waals surface area (Å²) in [6.45, 7) is 5.78. The molecule has 0 atom stereocenters. The van der Waals surface area contributed by atoms with Gasteiger partial charge in [0.05, 0.1) is 23.4 Å². The topological polar surface area (TPSA) is 63.7 Å². The van der Waals surface area contributed by atoms with Gasteiger partial charge in [0.2, 0.25) is 10.0 Å². The fourth-order valence-corrected chi connectivity index (χ4v) is 3.74. The lowest BCUT2D eigenvalue weighted by Crippen LogP contribution is -2.33. The molecule has 6 heteroatoms. The van der Waals surface area contributed by atoms with Gasteiger partial charge in [0, 0.05) is 0 Å². The average molecular weight is 311 g/mol. The summed E-state index contributed by atoms with van der Waals surface area (Å²) >= 11 is 0. The Bertz CT molecular complexity index is 637. The number of anilines is 1. The fraction of sp³-hybridized carbons (Fsp3) is 0.533. The molecule has 0 aromatic heterocycles. The van der Waals surface area contributed by atoms with Gasteiger partial charge in [0.15, 0.2) is 0 Å². The first-order valence-electron chi connectivity index (χ1n) is 7.03. The minimum Gasteiger partial charge on any atom is -0.463 e. The van der Waals surface area contributed by atoms with Crippen molar-refractivity contribution in [2.75, 3.05) is 17.5 Å². The number of esters is 1. The van der Waals surface area contributed by atoms with Crippen LogP contribution in [-0.2, 0) is 25.3 Å². The molecule has 0 saturated heterocycles. The van der Waals surface area contributed by atoms with E-state index in [1.807, 2.05) is 26.8 Å². The minimum atomic E-state index is -3.34. The molecule has 1 aromatic carbocycles. The van der Waals surface area contributed by atoms with Crippen molar-refractivity contribution in [2.24, 2.45) is 5.41 Å². The van der Waals surface area contributed by atoms with Crippen molar-refractivity contribution >= 4 is 21.7 Å². The molecule has 0 N–H and O–H groups in total. The second-order valence-electron chi connectivity index (χ2n) is 5.83. The number of sulfonamides is 1. The van der Waals surface area contributed by atoms with Gasteiger partial charge in [-0.05, 0) is 31.9 Å². The van der Waals surface area contributed by atoms with E-state index < -0.39 is 15.4 Å². The molecule has 21 heavy (non-hydrogen) atoms. The van der Waals surface area contributed by atoms with Crippen LogP contribution < -0.4 is 4.31 Å². The monoisotopic (exact) mass is 311 g/mol. The molecule has 1 aromatic rings. The first-order chi connectivity index (χ1) is 9.78. The molecule has 0 radical (unpaired) electrons. The average Bonchev–Trinajstić information content (AvgIpc) is 2.69. The van der Waals surface area contributed by atoms with E-state index in [1.54, 1.807) is 18.2 Å². The second-order valence-corrected chi connectivity index (χ2v) is 7.72. The summed E-state index contributed by atoms with van der Waals surface area (Å²) in [7, 11) is -3.34. The number of carbonyl (C=O) groups excluding carboxylic acids is 1. The van der Waals surface area contributed by atoms with Crippen LogP contribution in [0.4, 0.5) is 5.69 Å². The molecular formula is C15H21NO4S. The number of carbonyl (C=O) groups is 1. The van der Waals surface area contributed by atoms with Gasteiger partial charge in [-0.1, -0.05) is 25.1 Å². The molecule has 0 fully saturated rings. The number of benzene rings is 1. The van der Waals surface area contributed by atoms with E-state index in [0.717, 1.165) is 5.56 Å². The Kier molecular flexibility index (Phi) is 4.27. The Morgan fingerprint density at radius 2 is 2.00 bits per heavy atom. The molecule has 116 valence electrons. The van der Waals surface area contributed by atoms with Gasteiger partial charge in [-0.3, -0.25) is 9.10 Å². The van der Waals surface area contributed by atoms with E-state index in [4.69, 9.17) is 4.74 Å². The summed E-state index contributed by atoms with van der Waals surface area (Å²) < 4.78 is 30.8. The lowest BCUT2D eigenvalue weighted by Gasteiger charge is -2.22. The number of para-hydroxylation sites is 1. The van der Waals surface area contributed by atoms with Gasteiger partial charge in [0.25, 0.3) is 0 Å². The molecule has 0 unspecified atom stereocenters. The molecule has 1 aliphatic rings. The van der Waals surface area contributed by atoms with Crippen LogP contribution in [0.5, 0.6) is 0 Å². The van der Waals surface area contributed by atoms with Crippen molar-refractivity contribution in [3.8, 4) is 0 Å². The van der Waals surface area contributed by atoms with E-state index in [-0.39, 0.29) is 24.9 Å². The van der Waals surface area contributed by atoms with E-state index in [0.29, 0.717) is 12.1 Å². The first kappa shape index (κ1) is 15.8. The predicted octanol–water partition coefficient (Wildman–Crippen LogP) is 2.32. The number of hydrogen-bond donors (Lipinski definition) is 0. The third-order valence-corrected chi connectivity index (χ3v) is 5.62.